The number of aryl methyl sites for hydroxylation is 1. The fraction of sp³-hybridized carbons (Fsp3) is 0.533. The molecule has 1 saturated carbocycles. The molecule has 0 radical (unpaired) electrons. The number of nitrogens with one attached hydrogen (secondary N) is 2. The zero-order valence-corrected chi connectivity index (χ0v) is 12.2. The number of imidazole rings is 1. The van der Waals surface area contributed by atoms with Crippen molar-refractivity contribution in [3.63, 3.8) is 0 Å². The minimum atomic E-state index is 0.499. The quantitative estimate of drug-likeness (QED) is 0.871. The van der Waals surface area contributed by atoms with E-state index in [1.165, 1.54) is 36.3 Å². The van der Waals surface area contributed by atoms with Crippen molar-refractivity contribution in [2.75, 3.05) is 0 Å². The first-order valence-corrected chi connectivity index (χ1v) is 7.98. The van der Waals surface area contributed by atoms with E-state index in [-0.39, 0.29) is 0 Å². The first-order chi connectivity index (χ1) is 9.34. The van der Waals surface area contributed by atoms with E-state index in [2.05, 4.69) is 39.7 Å². The van der Waals surface area contributed by atoms with E-state index in [4.69, 9.17) is 0 Å². The number of hydrogen-bond donors (Lipinski definition) is 2. The van der Waals surface area contributed by atoms with Gasteiger partial charge >= 0.3 is 0 Å². The van der Waals surface area contributed by atoms with Crippen LogP contribution in [0, 0.1) is 12.8 Å². The lowest BCUT2D eigenvalue weighted by Crippen LogP contribution is -2.26. The van der Waals surface area contributed by atoms with Gasteiger partial charge in [0.1, 0.15) is 0 Å². The number of hydrogen-bond acceptors (Lipinski definition) is 3. The highest BCUT2D eigenvalue weighted by Crippen LogP contribution is 2.37. The second-order valence-electron chi connectivity index (χ2n) is 5.39. The van der Waals surface area contributed by atoms with Gasteiger partial charge in [0.05, 0.1) is 12.0 Å². The van der Waals surface area contributed by atoms with Gasteiger partial charge in [-0.3, -0.25) is 0 Å². The Kier molecular flexibility index (Phi) is 3.99. The second kappa shape index (κ2) is 5.88. The molecular formula is C15H21N3S. The van der Waals surface area contributed by atoms with Crippen molar-refractivity contribution in [3.05, 3.63) is 40.1 Å². The topological polar surface area (TPSA) is 40.7 Å². The molecule has 2 aromatic rings. The Morgan fingerprint density at radius 2 is 2.32 bits per heavy atom. The van der Waals surface area contributed by atoms with Gasteiger partial charge in [0.2, 0.25) is 0 Å². The van der Waals surface area contributed by atoms with Gasteiger partial charge < -0.3 is 10.3 Å². The molecule has 3 nitrogen and oxygen atoms in total. The van der Waals surface area contributed by atoms with Crippen LogP contribution in [0.4, 0.5) is 0 Å². The Hall–Kier alpha value is -1.13. The normalized spacial score (nSPS) is 17.9. The number of thiophene rings is 1. The summed E-state index contributed by atoms with van der Waals surface area (Å²) in [7, 11) is 0. The monoisotopic (exact) mass is 275 g/mol. The second-order valence-corrected chi connectivity index (χ2v) is 6.37. The summed E-state index contributed by atoms with van der Waals surface area (Å²) in [5, 5.41) is 5.91. The minimum Gasteiger partial charge on any atom is -0.348 e. The van der Waals surface area contributed by atoms with Crippen LogP contribution in [0.15, 0.2) is 23.8 Å². The minimum absolute atomic E-state index is 0.499. The molecule has 0 saturated heterocycles. The fourth-order valence-electron chi connectivity index (χ4n) is 3.03. The van der Waals surface area contributed by atoms with E-state index < -0.39 is 0 Å². The van der Waals surface area contributed by atoms with E-state index in [0.717, 1.165) is 18.2 Å². The summed E-state index contributed by atoms with van der Waals surface area (Å²) in [6.45, 7) is 2.94. The molecule has 1 fully saturated rings. The Bertz CT molecular complexity index is 497. The van der Waals surface area contributed by atoms with Crippen molar-refractivity contribution < 1.29 is 0 Å². The Morgan fingerprint density at radius 1 is 1.47 bits per heavy atom. The molecule has 1 aliphatic rings. The average Bonchev–Trinajstić information content (AvgIpc) is 3.13. The lowest BCUT2D eigenvalue weighted by atomic mass is 9.96. The summed E-state index contributed by atoms with van der Waals surface area (Å²) in [5.74, 6) is 0.790. The maximum absolute atomic E-state index is 4.38. The van der Waals surface area contributed by atoms with Crippen molar-refractivity contribution in [2.45, 2.75) is 45.2 Å². The number of rotatable bonds is 5. The van der Waals surface area contributed by atoms with Gasteiger partial charge in [0.15, 0.2) is 0 Å². The highest BCUT2D eigenvalue weighted by atomic mass is 32.1. The molecule has 4 heteroatoms. The average molecular weight is 275 g/mol. The molecule has 0 aromatic carbocycles. The van der Waals surface area contributed by atoms with E-state index in [1.807, 2.05) is 11.3 Å². The number of aromatic amines is 1. The fourth-order valence-corrected chi connectivity index (χ4v) is 3.92. The summed E-state index contributed by atoms with van der Waals surface area (Å²) >= 11 is 1.87. The van der Waals surface area contributed by atoms with Crippen LogP contribution in [-0.2, 0) is 6.54 Å². The van der Waals surface area contributed by atoms with Crippen LogP contribution in [0.2, 0.25) is 0 Å². The van der Waals surface area contributed by atoms with Gasteiger partial charge in [-0.1, -0.05) is 18.9 Å². The van der Waals surface area contributed by atoms with Crippen LogP contribution in [0.5, 0.6) is 0 Å². The third kappa shape index (κ3) is 2.90. The Morgan fingerprint density at radius 3 is 2.95 bits per heavy atom. The van der Waals surface area contributed by atoms with Crippen molar-refractivity contribution in [3.8, 4) is 0 Å². The lowest BCUT2D eigenvalue weighted by molar-refractivity contribution is 0.369. The van der Waals surface area contributed by atoms with E-state index in [0.29, 0.717) is 6.04 Å². The van der Waals surface area contributed by atoms with Crippen molar-refractivity contribution >= 4 is 11.3 Å². The molecule has 102 valence electrons. The van der Waals surface area contributed by atoms with Crippen LogP contribution in [0.25, 0.3) is 0 Å². The number of nitrogens with zero attached hydrogens (tertiary/aromatic N) is 1. The molecule has 1 aliphatic carbocycles. The molecule has 0 amide bonds. The van der Waals surface area contributed by atoms with Gasteiger partial charge in [-0.2, -0.15) is 0 Å². The maximum Gasteiger partial charge on any atom is 0.0925 e. The first kappa shape index (κ1) is 12.9. The number of H-pyrrole nitrogens is 1. The number of aromatic nitrogens is 2. The molecule has 0 spiro atoms. The third-order valence-corrected chi connectivity index (χ3v) is 5.10. The Balaban J connectivity index is 1.71. The van der Waals surface area contributed by atoms with Crippen LogP contribution < -0.4 is 5.32 Å². The van der Waals surface area contributed by atoms with Crippen molar-refractivity contribution in [1.29, 1.82) is 0 Å². The molecule has 2 aromatic heterocycles. The molecule has 0 bridgehead atoms. The molecule has 1 unspecified atom stereocenters. The van der Waals surface area contributed by atoms with Gasteiger partial charge in [0, 0.05) is 23.2 Å². The maximum atomic E-state index is 4.38. The van der Waals surface area contributed by atoms with Gasteiger partial charge in [-0.15, -0.1) is 11.3 Å². The SMILES string of the molecule is Cc1[nH]cnc1CNC(c1cccs1)C1CCCC1. The van der Waals surface area contributed by atoms with Gasteiger partial charge in [0.25, 0.3) is 0 Å². The van der Waals surface area contributed by atoms with E-state index in [9.17, 15) is 0 Å². The summed E-state index contributed by atoms with van der Waals surface area (Å²) in [6, 6.07) is 4.92. The molecule has 0 aliphatic heterocycles. The molecule has 2 N–H and O–H groups in total. The van der Waals surface area contributed by atoms with Crippen molar-refractivity contribution in [2.24, 2.45) is 5.92 Å². The van der Waals surface area contributed by atoms with E-state index in [1.54, 1.807) is 6.33 Å². The lowest BCUT2D eigenvalue weighted by Gasteiger charge is -2.23. The molecule has 2 heterocycles. The predicted molar refractivity (Wildman–Crippen MR) is 79.2 cm³/mol. The molecule has 1 atom stereocenters. The van der Waals surface area contributed by atoms with Crippen LogP contribution >= 0.6 is 11.3 Å². The van der Waals surface area contributed by atoms with Crippen LogP contribution in [0.3, 0.4) is 0 Å². The zero-order chi connectivity index (χ0) is 13.1. The van der Waals surface area contributed by atoms with Crippen LogP contribution in [-0.4, -0.2) is 9.97 Å². The summed E-state index contributed by atoms with van der Waals surface area (Å²) in [4.78, 5) is 9.00. The van der Waals surface area contributed by atoms with Crippen molar-refractivity contribution in [1.82, 2.24) is 15.3 Å². The third-order valence-electron chi connectivity index (χ3n) is 4.14. The zero-order valence-electron chi connectivity index (χ0n) is 11.4. The summed E-state index contributed by atoms with van der Waals surface area (Å²) < 4.78 is 0. The standard InChI is InChI=1S/C15H21N3S/c1-11-13(18-10-17-11)9-16-15(12-5-2-3-6-12)14-7-4-8-19-14/h4,7-8,10,12,15-16H,2-3,5-6,9H2,1H3,(H,17,18). The molecule has 3 rings (SSSR count). The smallest absolute Gasteiger partial charge is 0.0925 e. The Labute approximate surface area is 118 Å². The molecule has 19 heavy (non-hydrogen) atoms. The first-order valence-electron chi connectivity index (χ1n) is 7.10. The van der Waals surface area contributed by atoms with Crippen LogP contribution in [0.1, 0.15) is 48.0 Å². The molecular weight excluding hydrogens is 254 g/mol. The highest BCUT2D eigenvalue weighted by Gasteiger charge is 2.26. The van der Waals surface area contributed by atoms with Gasteiger partial charge in [-0.25, -0.2) is 4.98 Å². The highest BCUT2D eigenvalue weighted by molar-refractivity contribution is 7.10. The summed E-state index contributed by atoms with van der Waals surface area (Å²) in [5.41, 5.74) is 2.31. The predicted octanol–water partition coefficient (Wildman–Crippen LogP) is 3.80. The largest absolute Gasteiger partial charge is 0.348 e. The summed E-state index contributed by atoms with van der Waals surface area (Å²) in [6.07, 6.45) is 7.26. The van der Waals surface area contributed by atoms with Gasteiger partial charge in [-0.05, 0) is 37.1 Å². The van der Waals surface area contributed by atoms with E-state index >= 15 is 0 Å².